The molecule has 0 unspecified atom stereocenters. The molecular weight excluding hydrogens is 374 g/mol. The van der Waals surface area contributed by atoms with Crippen LogP contribution in [0.15, 0.2) is 0 Å². The van der Waals surface area contributed by atoms with E-state index in [-0.39, 0.29) is 18.0 Å². The van der Waals surface area contributed by atoms with Crippen molar-refractivity contribution in [2.24, 2.45) is 0 Å². The van der Waals surface area contributed by atoms with E-state index in [0.717, 1.165) is 30.0 Å². The Hall–Kier alpha value is -2.37. The van der Waals surface area contributed by atoms with Crippen LogP contribution in [0, 0.1) is 11.3 Å². The Bertz CT molecular complexity index is 782. The summed E-state index contributed by atoms with van der Waals surface area (Å²) >= 11 is 0. The minimum Gasteiger partial charge on any atom is -0.477 e. The van der Waals surface area contributed by atoms with Crippen LogP contribution in [-0.2, 0) is 32.0 Å². The number of carbonyl (C=O) groups is 1. The number of hydrogen-bond acceptors (Lipinski definition) is 8. The quantitative estimate of drug-likeness (QED) is 0.506. The van der Waals surface area contributed by atoms with E-state index >= 15 is 0 Å². The molecule has 0 saturated carbocycles. The Kier molecular flexibility index (Phi) is 6.93. The van der Waals surface area contributed by atoms with Gasteiger partial charge in [-0.15, -0.1) is 0 Å². The fourth-order valence-corrected chi connectivity index (χ4v) is 3.60. The maximum atomic E-state index is 11.5. The van der Waals surface area contributed by atoms with Crippen LogP contribution in [0.2, 0.25) is 0 Å². The van der Waals surface area contributed by atoms with E-state index in [0.29, 0.717) is 57.3 Å². The lowest BCUT2D eigenvalue weighted by atomic mass is 9.89. The van der Waals surface area contributed by atoms with Crippen molar-refractivity contribution in [1.29, 1.82) is 5.26 Å². The molecule has 1 saturated heterocycles. The second-order valence-corrected chi connectivity index (χ2v) is 7.77. The molecule has 158 valence electrons. The van der Waals surface area contributed by atoms with Crippen LogP contribution in [-0.4, -0.2) is 56.1 Å². The Labute approximate surface area is 171 Å². The van der Waals surface area contributed by atoms with Crippen molar-refractivity contribution in [3.8, 4) is 11.9 Å². The Morgan fingerprint density at radius 1 is 1.31 bits per heavy atom. The first-order valence-electron chi connectivity index (χ1n) is 10.2. The summed E-state index contributed by atoms with van der Waals surface area (Å²) in [6.45, 7) is 9.64. The number of anilines is 1. The van der Waals surface area contributed by atoms with Gasteiger partial charge in [0.15, 0.2) is 0 Å². The van der Waals surface area contributed by atoms with Gasteiger partial charge in [-0.3, -0.25) is 4.79 Å². The molecule has 1 aromatic rings. The van der Waals surface area contributed by atoms with Crippen molar-refractivity contribution in [2.75, 3.05) is 44.4 Å². The van der Waals surface area contributed by atoms with Gasteiger partial charge in [-0.25, -0.2) is 0 Å². The molecule has 0 bridgehead atoms. The third kappa shape index (κ3) is 5.17. The van der Waals surface area contributed by atoms with Crippen LogP contribution in [0.25, 0.3) is 0 Å². The first-order valence-corrected chi connectivity index (χ1v) is 10.2. The number of morpholine rings is 1. The minimum absolute atomic E-state index is 0.247. The monoisotopic (exact) mass is 403 g/mol. The smallest absolute Gasteiger partial charge is 0.305 e. The van der Waals surface area contributed by atoms with Crippen molar-refractivity contribution >= 4 is 11.8 Å². The van der Waals surface area contributed by atoms with E-state index in [1.54, 1.807) is 6.92 Å². The molecule has 0 N–H and O–H groups in total. The van der Waals surface area contributed by atoms with Gasteiger partial charge in [0, 0.05) is 31.5 Å². The molecule has 0 aliphatic carbocycles. The fourth-order valence-electron chi connectivity index (χ4n) is 3.60. The number of esters is 1. The van der Waals surface area contributed by atoms with E-state index < -0.39 is 0 Å². The topological polar surface area (TPSA) is 93.9 Å². The van der Waals surface area contributed by atoms with Gasteiger partial charge in [0.1, 0.15) is 17.5 Å². The van der Waals surface area contributed by atoms with Gasteiger partial charge >= 0.3 is 5.97 Å². The number of rotatable bonds is 7. The summed E-state index contributed by atoms with van der Waals surface area (Å²) in [7, 11) is 0. The van der Waals surface area contributed by atoms with Gasteiger partial charge in [0.2, 0.25) is 5.88 Å². The first kappa shape index (κ1) is 21.3. The zero-order valence-corrected chi connectivity index (χ0v) is 17.5. The summed E-state index contributed by atoms with van der Waals surface area (Å²) in [5.74, 6) is 0.885. The van der Waals surface area contributed by atoms with Gasteiger partial charge in [-0.2, -0.15) is 10.2 Å². The largest absolute Gasteiger partial charge is 0.477 e. The number of pyridine rings is 1. The number of nitrogens with zero attached hydrogens (tertiary/aromatic N) is 3. The maximum Gasteiger partial charge on any atom is 0.305 e. The average Bonchev–Trinajstić information content (AvgIpc) is 2.70. The maximum absolute atomic E-state index is 11.5. The van der Waals surface area contributed by atoms with Gasteiger partial charge < -0.3 is 23.8 Å². The van der Waals surface area contributed by atoms with Crippen LogP contribution >= 0.6 is 0 Å². The molecule has 0 spiro atoms. The minimum atomic E-state index is -0.358. The lowest BCUT2D eigenvalue weighted by molar-refractivity contribution is -0.143. The Morgan fingerprint density at radius 2 is 2.07 bits per heavy atom. The Balaban J connectivity index is 1.86. The van der Waals surface area contributed by atoms with Crippen LogP contribution < -0.4 is 9.64 Å². The predicted octanol–water partition coefficient (Wildman–Crippen LogP) is 2.36. The van der Waals surface area contributed by atoms with Crippen LogP contribution in [0.5, 0.6) is 5.88 Å². The molecule has 2 aliphatic rings. The van der Waals surface area contributed by atoms with Gasteiger partial charge in [0.25, 0.3) is 0 Å². The van der Waals surface area contributed by atoms with Gasteiger partial charge in [-0.1, -0.05) is 0 Å². The second-order valence-electron chi connectivity index (χ2n) is 7.77. The van der Waals surface area contributed by atoms with Crippen LogP contribution in [0.1, 0.15) is 50.3 Å². The third-order valence-electron chi connectivity index (χ3n) is 5.06. The molecule has 0 atom stereocenters. The highest BCUT2D eigenvalue weighted by Crippen LogP contribution is 2.38. The lowest BCUT2D eigenvalue weighted by Crippen LogP contribution is -2.39. The number of fused-ring (bicyclic) bond motifs is 1. The van der Waals surface area contributed by atoms with Gasteiger partial charge in [0.05, 0.1) is 38.6 Å². The van der Waals surface area contributed by atoms with E-state index in [1.807, 2.05) is 13.8 Å². The number of carbonyl (C=O) groups excluding carboxylic acids is 1. The standard InChI is InChI=1S/C21H29N3O5/c1-4-27-18(25)6-5-9-28-20-16(13-22)15-12-21(2,3)29-14-17(15)19(23-20)24-7-10-26-11-8-24/h4-12,14H2,1-3H3. The molecule has 8 heteroatoms. The van der Waals surface area contributed by atoms with Crippen molar-refractivity contribution in [3.05, 3.63) is 16.7 Å². The molecular formula is C21H29N3O5. The van der Waals surface area contributed by atoms with Crippen molar-refractivity contribution in [3.63, 3.8) is 0 Å². The number of aromatic nitrogens is 1. The molecule has 1 aromatic heterocycles. The highest BCUT2D eigenvalue weighted by molar-refractivity contribution is 5.69. The second kappa shape index (κ2) is 9.42. The Morgan fingerprint density at radius 3 is 2.76 bits per heavy atom. The molecule has 0 amide bonds. The fraction of sp³-hybridized carbons (Fsp3) is 0.667. The highest BCUT2D eigenvalue weighted by atomic mass is 16.5. The van der Waals surface area contributed by atoms with E-state index in [1.165, 1.54) is 0 Å². The highest BCUT2D eigenvalue weighted by Gasteiger charge is 2.34. The summed E-state index contributed by atoms with van der Waals surface area (Å²) in [4.78, 5) is 18.4. The summed E-state index contributed by atoms with van der Waals surface area (Å²) in [6, 6.07) is 2.28. The van der Waals surface area contributed by atoms with Crippen molar-refractivity contribution in [2.45, 2.75) is 52.2 Å². The molecule has 0 radical (unpaired) electrons. The molecule has 1 fully saturated rings. The van der Waals surface area contributed by atoms with Crippen molar-refractivity contribution < 1.29 is 23.7 Å². The zero-order valence-electron chi connectivity index (χ0n) is 17.5. The van der Waals surface area contributed by atoms with E-state index in [2.05, 4.69) is 11.0 Å². The molecule has 0 aromatic carbocycles. The van der Waals surface area contributed by atoms with Crippen LogP contribution in [0.3, 0.4) is 0 Å². The van der Waals surface area contributed by atoms with Crippen molar-refractivity contribution in [1.82, 2.24) is 4.98 Å². The molecule has 3 rings (SSSR count). The zero-order chi connectivity index (χ0) is 20.9. The molecule has 29 heavy (non-hydrogen) atoms. The SMILES string of the molecule is CCOC(=O)CCCOc1nc(N2CCOCC2)c2c(c1C#N)CC(C)(C)OC2. The first-order chi connectivity index (χ1) is 13.9. The average molecular weight is 403 g/mol. The summed E-state index contributed by atoms with van der Waals surface area (Å²) in [6.07, 6.45) is 1.39. The molecule has 3 heterocycles. The lowest BCUT2D eigenvalue weighted by Gasteiger charge is -2.36. The molecule has 8 nitrogen and oxygen atoms in total. The van der Waals surface area contributed by atoms with E-state index in [4.69, 9.17) is 23.9 Å². The number of nitriles is 1. The third-order valence-corrected chi connectivity index (χ3v) is 5.06. The van der Waals surface area contributed by atoms with Crippen LogP contribution in [0.4, 0.5) is 5.82 Å². The molecule has 2 aliphatic heterocycles. The summed E-state index contributed by atoms with van der Waals surface area (Å²) in [5, 5.41) is 9.84. The van der Waals surface area contributed by atoms with Gasteiger partial charge in [-0.05, 0) is 32.8 Å². The normalized spacial score (nSPS) is 17.9. The number of hydrogen-bond donors (Lipinski definition) is 0. The number of ether oxygens (including phenoxy) is 4. The summed E-state index contributed by atoms with van der Waals surface area (Å²) < 4.78 is 22.3. The summed E-state index contributed by atoms with van der Waals surface area (Å²) in [5.41, 5.74) is 2.01. The predicted molar refractivity (Wildman–Crippen MR) is 106 cm³/mol. The van der Waals surface area contributed by atoms with E-state index in [9.17, 15) is 10.1 Å².